The van der Waals surface area contributed by atoms with Crippen LogP contribution in [0.5, 0.6) is 5.75 Å². The molecule has 4 rings (SSSR count). The van der Waals surface area contributed by atoms with Gasteiger partial charge in [-0.3, -0.25) is 9.36 Å². The largest absolute Gasteiger partial charge is 0.491 e. The number of aromatic nitrogens is 3. The number of hydrogen-bond donors (Lipinski definition) is 1. The molecule has 26 heavy (non-hydrogen) atoms. The average molecular weight is 347 g/mol. The van der Waals surface area contributed by atoms with Crippen LogP contribution in [0.25, 0.3) is 21.8 Å². The lowest BCUT2D eigenvalue weighted by Gasteiger charge is -2.14. The fraction of sp³-hybridized carbons (Fsp3) is 0.150. The maximum absolute atomic E-state index is 12.4. The summed E-state index contributed by atoms with van der Waals surface area (Å²) in [6.45, 7) is 0.181. The zero-order valence-electron chi connectivity index (χ0n) is 13.9. The number of rotatable bonds is 5. The van der Waals surface area contributed by atoms with E-state index < -0.39 is 6.10 Å². The molecule has 0 aliphatic rings. The van der Waals surface area contributed by atoms with E-state index in [1.807, 2.05) is 42.5 Å². The van der Waals surface area contributed by atoms with Gasteiger partial charge in [0.25, 0.3) is 5.56 Å². The number of fused-ring (bicyclic) bond motifs is 2. The molecule has 130 valence electrons. The Bertz CT molecular complexity index is 1120. The van der Waals surface area contributed by atoms with Gasteiger partial charge in [-0.05, 0) is 35.0 Å². The number of ether oxygens (including phenoxy) is 1. The molecular formula is C20H17N3O3. The molecule has 0 aliphatic heterocycles. The van der Waals surface area contributed by atoms with Crippen molar-refractivity contribution in [3.8, 4) is 5.75 Å². The van der Waals surface area contributed by atoms with Crippen molar-refractivity contribution in [2.75, 3.05) is 6.61 Å². The predicted octanol–water partition coefficient (Wildman–Crippen LogP) is 2.38. The molecular weight excluding hydrogens is 330 g/mol. The molecule has 2 aromatic carbocycles. The fourth-order valence-corrected chi connectivity index (χ4v) is 2.86. The normalized spacial score (nSPS) is 12.3. The van der Waals surface area contributed by atoms with Crippen LogP contribution in [0.1, 0.15) is 0 Å². The number of benzene rings is 2. The lowest BCUT2D eigenvalue weighted by molar-refractivity contribution is 0.0915. The predicted molar refractivity (Wildman–Crippen MR) is 99.2 cm³/mol. The number of pyridine rings is 1. The van der Waals surface area contributed by atoms with E-state index in [1.165, 1.54) is 10.9 Å². The van der Waals surface area contributed by atoms with Crippen molar-refractivity contribution < 1.29 is 9.84 Å². The maximum atomic E-state index is 12.4. The lowest BCUT2D eigenvalue weighted by atomic mass is 10.1. The second kappa shape index (κ2) is 6.93. The van der Waals surface area contributed by atoms with Crippen molar-refractivity contribution in [1.82, 2.24) is 14.5 Å². The topological polar surface area (TPSA) is 77.2 Å². The Hall–Kier alpha value is -3.25. The van der Waals surface area contributed by atoms with Crippen molar-refractivity contribution >= 4 is 21.8 Å². The van der Waals surface area contributed by atoms with Crippen LogP contribution in [0.15, 0.2) is 71.9 Å². The SMILES string of the molecule is O=c1c2cccnc2ncn1CC(O)COc1ccc2ccccc2c1. The minimum Gasteiger partial charge on any atom is -0.491 e. The summed E-state index contributed by atoms with van der Waals surface area (Å²) in [6.07, 6.45) is 2.15. The van der Waals surface area contributed by atoms with E-state index in [1.54, 1.807) is 18.3 Å². The molecule has 1 N–H and O–H groups in total. The molecule has 0 saturated carbocycles. The zero-order chi connectivity index (χ0) is 17.9. The maximum Gasteiger partial charge on any atom is 0.262 e. The van der Waals surface area contributed by atoms with E-state index in [9.17, 15) is 9.90 Å². The van der Waals surface area contributed by atoms with Gasteiger partial charge >= 0.3 is 0 Å². The summed E-state index contributed by atoms with van der Waals surface area (Å²) in [6, 6.07) is 17.1. The molecule has 6 nitrogen and oxygen atoms in total. The van der Waals surface area contributed by atoms with Gasteiger partial charge in [0.15, 0.2) is 5.65 Å². The highest BCUT2D eigenvalue weighted by Crippen LogP contribution is 2.20. The molecule has 0 radical (unpaired) electrons. The van der Waals surface area contributed by atoms with Gasteiger partial charge in [0.2, 0.25) is 0 Å². The Morgan fingerprint density at radius 3 is 2.77 bits per heavy atom. The van der Waals surface area contributed by atoms with E-state index in [-0.39, 0.29) is 18.7 Å². The second-order valence-electron chi connectivity index (χ2n) is 6.05. The van der Waals surface area contributed by atoms with E-state index >= 15 is 0 Å². The number of aliphatic hydroxyl groups excluding tert-OH is 1. The number of nitrogens with zero attached hydrogens (tertiary/aromatic N) is 3. The number of aliphatic hydroxyl groups is 1. The summed E-state index contributed by atoms with van der Waals surface area (Å²) in [5.74, 6) is 0.677. The minimum atomic E-state index is -0.838. The molecule has 0 bridgehead atoms. The van der Waals surface area contributed by atoms with Crippen molar-refractivity contribution in [3.05, 3.63) is 77.5 Å². The van der Waals surface area contributed by atoms with Crippen molar-refractivity contribution in [2.24, 2.45) is 0 Å². The van der Waals surface area contributed by atoms with Crippen LogP contribution >= 0.6 is 0 Å². The lowest BCUT2D eigenvalue weighted by Crippen LogP contribution is -2.30. The summed E-state index contributed by atoms with van der Waals surface area (Å²) in [5.41, 5.74) is 0.170. The third kappa shape index (κ3) is 3.27. The van der Waals surface area contributed by atoms with Crippen LogP contribution in [0.4, 0.5) is 0 Å². The van der Waals surface area contributed by atoms with E-state index in [0.29, 0.717) is 16.8 Å². The minimum absolute atomic E-state index is 0.0792. The molecule has 0 fully saturated rings. The van der Waals surface area contributed by atoms with Gasteiger partial charge in [-0.15, -0.1) is 0 Å². The van der Waals surface area contributed by atoms with Crippen LogP contribution in [0.3, 0.4) is 0 Å². The highest BCUT2D eigenvalue weighted by Gasteiger charge is 2.10. The van der Waals surface area contributed by atoms with Gasteiger partial charge in [0.1, 0.15) is 24.8 Å². The quantitative estimate of drug-likeness (QED) is 0.600. The molecule has 0 saturated heterocycles. The Morgan fingerprint density at radius 2 is 1.88 bits per heavy atom. The van der Waals surface area contributed by atoms with E-state index in [2.05, 4.69) is 9.97 Å². The van der Waals surface area contributed by atoms with Crippen LogP contribution < -0.4 is 10.3 Å². The van der Waals surface area contributed by atoms with E-state index in [4.69, 9.17) is 4.74 Å². The fourth-order valence-electron chi connectivity index (χ4n) is 2.86. The van der Waals surface area contributed by atoms with Gasteiger partial charge in [-0.2, -0.15) is 0 Å². The monoisotopic (exact) mass is 347 g/mol. The Labute approximate surface area is 149 Å². The molecule has 0 amide bonds. The van der Waals surface area contributed by atoms with Gasteiger partial charge in [0, 0.05) is 6.20 Å². The van der Waals surface area contributed by atoms with E-state index in [0.717, 1.165) is 10.8 Å². The van der Waals surface area contributed by atoms with Gasteiger partial charge < -0.3 is 9.84 Å². The third-order valence-corrected chi connectivity index (χ3v) is 4.17. The summed E-state index contributed by atoms with van der Waals surface area (Å²) in [7, 11) is 0. The van der Waals surface area contributed by atoms with Crippen molar-refractivity contribution in [1.29, 1.82) is 0 Å². The van der Waals surface area contributed by atoms with Gasteiger partial charge in [-0.1, -0.05) is 30.3 Å². The first kappa shape index (κ1) is 16.2. The van der Waals surface area contributed by atoms with Crippen molar-refractivity contribution in [2.45, 2.75) is 12.6 Å². The molecule has 1 unspecified atom stereocenters. The van der Waals surface area contributed by atoms with Gasteiger partial charge in [-0.25, -0.2) is 9.97 Å². The Kier molecular flexibility index (Phi) is 4.33. The first-order valence-electron chi connectivity index (χ1n) is 8.30. The summed E-state index contributed by atoms with van der Waals surface area (Å²) >= 11 is 0. The average Bonchev–Trinajstić information content (AvgIpc) is 2.68. The first-order chi connectivity index (χ1) is 12.7. The molecule has 2 aromatic heterocycles. The molecule has 6 heteroatoms. The molecule has 4 aromatic rings. The molecule has 0 aliphatic carbocycles. The Balaban J connectivity index is 1.46. The van der Waals surface area contributed by atoms with Crippen LogP contribution in [-0.2, 0) is 6.54 Å². The summed E-state index contributed by atoms with van der Waals surface area (Å²) in [4.78, 5) is 20.6. The highest BCUT2D eigenvalue weighted by atomic mass is 16.5. The molecule has 2 heterocycles. The third-order valence-electron chi connectivity index (χ3n) is 4.17. The smallest absolute Gasteiger partial charge is 0.262 e. The van der Waals surface area contributed by atoms with Crippen LogP contribution in [-0.4, -0.2) is 32.4 Å². The number of hydrogen-bond acceptors (Lipinski definition) is 5. The molecule has 1 atom stereocenters. The van der Waals surface area contributed by atoms with Crippen LogP contribution in [0.2, 0.25) is 0 Å². The summed E-state index contributed by atoms with van der Waals surface area (Å²) in [5, 5.41) is 12.9. The second-order valence-corrected chi connectivity index (χ2v) is 6.05. The van der Waals surface area contributed by atoms with Crippen LogP contribution in [0, 0.1) is 0 Å². The summed E-state index contributed by atoms with van der Waals surface area (Å²) < 4.78 is 7.05. The molecule has 0 spiro atoms. The zero-order valence-corrected chi connectivity index (χ0v) is 13.9. The highest BCUT2D eigenvalue weighted by molar-refractivity contribution is 5.83. The standard InChI is InChI=1S/C20H17N3O3/c24-16(11-23-13-22-19-18(20(23)25)6-3-9-21-19)12-26-17-8-7-14-4-1-2-5-15(14)10-17/h1-10,13,16,24H,11-12H2. The first-order valence-corrected chi connectivity index (χ1v) is 8.30. The Morgan fingerprint density at radius 1 is 1.04 bits per heavy atom. The van der Waals surface area contributed by atoms with Crippen molar-refractivity contribution in [3.63, 3.8) is 0 Å². The van der Waals surface area contributed by atoms with Gasteiger partial charge in [0.05, 0.1) is 11.9 Å².